The summed E-state index contributed by atoms with van der Waals surface area (Å²) in [4.78, 5) is 4.22. The summed E-state index contributed by atoms with van der Waals surface area (Å²) < 4.78 is 1.93. The molecule has 2 heterocycles. The first-order valence-corrected chi connectivity index (χ1v) is 3.68. The molecule has 0 N–H and O–H groups in total. The third-order valence-electron chi connectivity index (χ3n) is 1.70. The molecule has 2 rings (SSSR count). The summed E-state index contributed by atoms with van der Waals surface area (Å²) in [5.41, 5.74) is 2.32. The summed E-state index contributed by atoms with van der Waals surface area (Å²) >= 11 is 4.26. The number of nitrogens with zero attached hydrogens (tertiary/aromatic N) is 2. The normalized spacial score (nSPS) is 15.5. The maximum atomic E-state index is 4.26. The van der Waals surface area contributed by atoms with E-state index in [1.807, 2.05) is 22.6 Å². The van der Waals surface area contributed by atoms with Crippen molar-refractivity contribution in [3.63, 3.8) is 0 Å². The van der Waals surface area contributed by atoms with E-state index in [1.165, 1.54) is 0 Å². The summed E-state index contributed by atoms with van der Waals surface area (Å²) in [5, 5.41) is 0. The van der Waals surface area contributed by atoms with Crippen LogP contribution < -0.4 is 4.31 Å². The highest BCUT2D eigenvalue weighted by molar-refractivity contribution is 7.81. The maximum Gasteiger partial charge on any atom is 0.0683 e. The van der Waals surface area contributed by atoms with Crippen LogP contribution in [0, 0.1) is 0 Å². The van der Waals surface area contributed by atoms with Crippen molar-refractivity contribution in [2.24, 2.45) is 0 Å². The van der Waals surface area contributed by atoms with Crippen LogP contribution in [0.2, 0.25) is 0 Å². The Labute approximate surface area is 65.4 Å². The third kappa shape index (κ3) is 0.778. The molecule has 1 aliphatic rings. The number of pyridine rings is 1. The van der Waals surface area contributed by atoms with E-state index in [2.05, 4.69) is 17.8 Å². The molecule has 1 aliphatic heterocycles. The fourth-order valence-electron chi connectivity index (χ4n) is 1.19. The zero-order valence-electron chi connectivity index (χ0n) is 5.49. The molecule has 0 aromatic carbocycles. The Hall–Kier alpha value is -0.700. The topological polar surface area (TPSA) is 16.1 Å². The fraction of sp³-hybridized carbons (Fsp3) is 0.286. The Bertz CT molecular complexity index is 249. The lowest BCUT2D eigenvalue weighted by molar-refractivity contribution is 1.02. The predicted octanol–water partition coefficient (Wildman–Crippen LogP) is 1.29. The number of aromatic nitrogens is 1. The molecule has 0 aliphatic carbocycles. The largest absolute Gasteiger partial charge is 0.317 e. The molecule has 0 bridgehead atoms. The minimum absolute atomic E-state index is 0.982. The minimum Gasteiger partial charge on any atom is -0.317 e. The quantitative estimate of drug-likeness (QED) is 0.564. The molecule has 0 fully saturated rings. The second-order valence-electron chi connectivity index (χ2n) is 2.34. The van der Waals surface area contributed by atoms with Crippen molar-refractivity contribution in [1.29, 1.82) is 0 Å². The van der Waals surface area contributed by atoms with Gasteiger partial charge >= 0.3 is 0 Å². The molecule has 1 aromatic heterocycles. The lowest BCUT2D eigenvalue weighted by Crippen LogP contribution is -2.04. The number of fused-ring (bicyclic) bond motifs is 1. The first-order valence-electron chi connectivity index (χ1n) is 3.28. The average molecular weight is 152 g/mol. The smallest absolute Gasteiger partial charge is 0.0683 e. The molecule has 3 heteroatoms. The van der Waals surface area contributed by atoms with Crippen molar-refractivity contribution < 1.29 is 0 Å². The number of hydrogen-bond acceptors (Lipinski definition) is 3. The average Bonchev–Trinajstić information content (AvgIpc) is 2.34. The van der Waals surface area contributed by atoms with E-state index in [-0.39, 0.29) is 0 Å². The Balaban J connectivity index is 2.51. The van der Waals surface area contributed by atoms with Crippen molar-refractivity contribution in [3.8, 4) is 0 Å². The van der Waals surface area contributed by atoms with E-state index in [4.69, 9.17) is 0 Å². The summed E-state index contributed by atoms with van der Waals surface area (Å²) in [6.07, 6.45) is 2.85. The first kappa shape index (κ1) is 6.04. The van der Waals surface area contributed by atoms with Crippen molar-refractivity contribution in [2.45, 2.75) is 6.42 Å². The van der Waals surface area contributed by atoms with E-state index >= 15 is 0 Å². The van der Waals surface area contributed by atoms with Gasteiger partial charge in [0, 0.05) is 19.2 Å². The van der Waals surface area contributed by atoms with Crippen molar-refractivity contribution in [1.82, 2.24) is 4.98 Å². The van der Waals surface area contributed by atoms with Crippen molar-refractivity contribution in [3.05, 3.63) is 24.0 Å². The van der Waals surface area contributed by atoms with Crippen LogP contribution in [0.15, 0.2) is 18.3 Å². The molecular weight excluding hydrogens is 144 g/mol. The van der Waals surface area contributed by atoms with E-state index in [0.717, 1.165) is 24.3 Å². The SMILES string of the molecule is SN1CCc2ncccc21. The van der Waals surface area contributed by atoms with Gasteiger partial charge in [-0.3, -0.25) is 4.98 Å². The molecule has 2 nitrogen and oxygen atoms in total. The molecule has 0 radical (unpaired) electrons. The fourth-order valence-corrected chi connectivity index (χ4v) is 1.47. The van der Waals surface area contributed by atoms with Gasteiger partial charge in [0.05, 0.1) is 11.4 Å². The molecule has 0 spiro atoms. The molecule has 0 atom stereocenters. The Morgan fingerprint density at radius 2 is 2.50 bits per heavy atom. The van der Waals surface area contributed by atoms with Gasteiger partial charge in [-0.1, -0.05) is 12.8 Å². The van der Waals surface area contributed by atoms with Gasteiger partial charge in [0.2, 0.25) is 0 Å². The van der Waals surface area contributed by atoms with Crippen LogP contribution in [0.4, 0.5) is 5.69 Å². The summed E-state index contributed by atoms with van der Waals surface area (Å²) in [7, 11) is 0. The second kappa shape index (κ2) is 2.16. The molecule has 0 amide bonds. The number of anilines is 1. The predicted molar refractivity (Wildman–Crippen MR) is 44.3 cm³/mol. The summed E-state index contributed by atoms with van der Waals surface area (Å²) in [6, 6.07) is 3.98. The zero-order valence-corrected chi connectivity index (χ0v) is 6.38. The molecule has 10 heavy (non-hydrogen) atoms. The Kier molecular flexibility index (Phi) is 1.31. The lowest BCUT2D eigenvalue weighted by atomic mass is 10.3. The van der Waals surface area contributed by atoms with Crippen LogP contribution in [0.25, 0.3) is 0 Å². The molecule has 0 saturated carbocycles. The van der Waals surface area contributed by atoms with Gasteiger partial charge in [-0.05, 0) is 12.1 Å². The van der Waals surface area contributed by atoms with E-state index in [0.29, 0.717) is 0 Å². The molecule has 52 valence electrons. The van der Waals surface area contributed by atoms with Gasteiger partial charge in [-0.15, -0.1) is 0 Å². The van der Waals surface area contributed by atoms with Crippen LogP contribution >= 0.6 is 12.8 Å². The second-order valence-corrected chi connectivity index (χ2v) is 2.83. The van der Waals surface area contributed by atoms with E-state index in [9.17, 15) is 0 Å². The van der Waals surface area contributed by atoms with Crippen LogP contribution in [0.1, 0.15) is 5.69 Å². The molecular formula is C7H8N2S. The summed E-state index contributed by atoms with van der Waals surface area (Å²) in [5.74, 6) is 0. The molecule has 0 saturated heterocycles. The van der Waals surface area contributed by atoms with Crippen LogP contribution in [-0.4, -0.2) is 11.5 Å². The van der Waals surface area contributed by atoms with Crippen molar-refractivity contribution >= 4 is 18.5 Å². The minimum atomic E-state index is 0.982. The number of hydrogen-bond donors (Lipinski definition) is 1. The van der Waals surface area contributed by atoms with Gasteiger partial charge in [0.15, 0.2) is 0 Å². The van der Waals surface area contributed by atoms with Gasteiger partial charge in [-0.2, -0.15) is 0 Å². The van der Waals surface area contributed by atoms with Crippen LogP contribution in [-0.2, 0) is 6.42 Å². The summed E-state index contributed by atoms with van der Waals surface area (Å²) in [6.45, 7) is 0.982. The maximum absolute atomic E-state index is 4.26. The standard InChI is InChI=1S/C7H8N2S/c10-9-5-3-6-7(9)2-1-4-8-6/h1-2,4,10H,3,5H2. The van der Waals surface area contributed by atoms with Crippen LogP contribution in [0.5, 0.6) is 0 Å². The van der Waals surface area contributed by atoms with E-state index in [1.54, 1.807) is 0 Å². The van der Waals surface area contributed by atoms with Gasteiger partial charge < -0.3 is 4.31 Å². The molecule has 1 aromatic rings. The Morgan fingerprint density at radius 1 is 1.60 bits per heavy atom. The van der Waals surface area contributed by atoms with Gasteiger partial charge in [0.1, 0.15) is 0 Å². The Morgan fingerprint density at radius 3 is 3.30 bits per heavy atom. The third-order valence-corrected chi connectivity index (χ3v) is 2.12. The van der Waals surface area contributed by atoms with Crippen LogP contribution in [0.3, 0.4) is 0 Å². The van der Waals surface area contributed by atoms with Crippen molar-refractivity contribution in [2.75, 3.05) is 10.8 Å². The number of thiol groups is 1. The highest BCUT2D eigenvalue weighted by Gasteiger charge is 2.15. The zero-order chi connectivity index (χ0) is 6.97. The van der Waals surface area contributed by atoms with Gasteiger partial charge in [-0.25, -0.2) is 0 Å². The molecule has 0 unspecified atom stereocenters. The van der Waals surface area contributed by atoms with E-state index < -0.39 is 0 Å². The highest BCUT2D eigenvalue weighted by Crippen LogP contribution is 2.26. The highest BCUT2D eigenvalue weighted by atomic mass is 32.1. The monoisotopic (exact) mass is 152 g/mol. The lowest BCUT2D eigenvalue weighted by Gasteiger charge is -2.07. The first-order chi connectivity index (χ1) is 4.88. The number of rotatable bonds is 0. The van der Waals surface area contributed by atoms with Gasteiger partial charge in [0.25, 0.3) is 0 Å².